The van der Waals surface area contributed by atoms with E-state index in [0.29, 0.717) is 16.7 Å². The molecule has 0 N–H and O–H groups in total. The van der Waals surface area contributed by atoms with Gasteiger partial charge in [-0.2, -0.15) is 13.2 Å². The van der Waals surface area contributed by atoms with Gasteiger partial charge in [-0.3, -0.25) is 0 Å². The zero-order valence-corrected chi connectivity index (χ0v) is 23.4. The van der Waals surface area contributed by atoms with Crippen LogP contribution in [0.1, 0.15) is 5.56 Å². The second-order valence-electron chi connectivity index (χ2n) is 10.8. The third kappa shape index (κ3) is 5.46. The SMILES string of the molecule is FC(F)(F)Oc1ccc(-c2c3ccccc3c(-c3ccc4ccccc4c3)c3ccc(-c4ccc(C(F)(F)F)cc4)cc23)cc1. The first kappa shape index (κ1) is 28.5. The molecule has 0 aromatic heterocycles. The Morgan fingerprint density at radius 3 is 1.58 bits per heavy atom. The summed E-state index contributed by atoms with van der Waals surface area (Å²) >= 11 is 0. The van der Waals surface area contributed by atoms with Gasteiger partial charge in [0.1, 0.15) is 5.75 Å². The van der Waals surface area contributed by atoms with Gasteiger partial charge in [-0.05, 0) is 102 Å². The Hall–Kier alpha value is -5.30. The fourth-order valence-corrected chi connectivity index (χ4v) is 6.00. The van der Waals surface area contributed by atoms with Crippen LogP contribution in [-0.2, 0) is 6.18 Å². The minimum atomic E-state index is -4.82. The van der Waals surface area contributed by atoms with Crippen molar-refractivity contribution in [1.82, 2.24) is 0 Å². The lowest BCUT2D eigenvalue weighted by Gasteiger charge is -2.19. The standard InChI is InChI=1S/C38H22F6O/c39-37(40,41)29-16-11-24(12-17-29)27-15-20-33-34(22-27)35(25-13-18-30(19-14-25)45-38(42,43)44)31-7-3-4-8-32(31)36(33)28-10-9-23-5-1-2-6-26(23)21-28/h1-22H. The van der Waals surface area contributed by atoms with Gasteiger partial charge in [-0.25, -0.2) is 0 Å². The molecule has 45 heavy (non-hydrogen) atoms. The van der Waals surface area contributed by atoms with Crippen molar-refractivity contribution in [2.45, 2.75) is 12.5 Å². The summed E-state index contributed by atoms with van der Waals surface area (Å²) in [5.74, 6) is -0.335. The molecule has 0 radical (unpaired) electrons. The topological polar surface area (TPSA) is 9.23 Å². The maximum Gasteiger partial charge on any atom is 0.573 e. The van der Waals surface area contributed by atoms with E-state index in [-0.39, 0.29) is 5.75 Å². The molecule has 7 aromatic carbocycles. The number of fused-ring (bicyclic) bond motifs is 3. The summed E-state index contributed by atoms with van der Waals surface area (Å²) in [7, 11) is 0. The van der Waals surface area contributed by atoms with Crippen molar-refractivity contribution in [2.24, 2.45) is 0 Å². The predicted octanol–water partition coefficient (Wildman–Crippen LogP) is 12.1. The molecular formula is C38H22F6O. The largest absolute Gasteiger partial charge is 0.573 e. The van der Waals surface area contributed by atoms with Crippen molar-refractivity contribution in [3.8, 4) is 39.1 Å². The maximum atomic E-state index is 13.3. The number of halogens is 6. The van der Waals surface area contributed by atoms with E-state index in [1.807, 2.05) is 66.7 Å². The molecule has 7 heteroatoms. The van der Waals surface area contributed by atoms with E-state index in [9.17, 15) is 26.3 Å². The smallest absolute Gasteiger partial charge is 0.406 e. The average molecular weight is 609 g/mol. The van der Waals surface area contributed by atoms with Crippen molar-refractivity contribution >= 4 is 32.3 Å². The van der Waals surface area contributed by atoms with Crippen LogP contribution in [-0.4, -0.2) is 6.36 Å². The molecule has 0 saturated heterocycles. The van der Waals surface area contributed by atoms with Crippen molar-refractivity contribution in [2.75, 3.05) is 0 Å². The summed E-state index contributed by atoms with van der Waals surface area (Å²) in [6.45, 7) is 0. The molecule has 7 aromatic rings. The van der Waals surface area contributed by atoms with Gasteiger partial charge in [0.15, 0.2) is 0 Å². The summed E-state index contributed by atoms with van der Waals surface area (Å²) in [6.07, 6.45) is -9.27. The number of hydrogen-bond donors (Lipinski definition) is 0. The summed E-state index contributed by atoms with van der Waals surface area (Å²) in [4.78, 5) is 0. The lowest BCUT2D eigenvalue weighted by atomic mass is 9.84. The van der Waals surface area contributed by atoms with Gasteiger partial charge >= 0.3 is 12.5 Å². The van der Waals surface area contributed by atoms with E-state index in [1.54, 1.807) is 12.1 Å². The average Bonchev–Trinajstić information content (AvgIpc) is 3.02. The molecule has 0 aliphatic rings. The maximum absolute atomic E-state index is 13.3. The number of hydrogen-bond acceptors (Lipinski definition) is 1. The van der Waals surface area contributed by atoms with Gasteiger partial charge in [-0.1, -0.05) is 97.1 Å². The van der Waals surface area contributed by atoms with Crippen LogP contribution in [0.3, 0.4) is 0 Å². The van der Waals surface area contributed by atoms with Crippen LogP contribution in [0.15, 0.2) is 133 Å². The van der Waals surface area contributed by atoms with E-state index < -0.39 is 18.1 Å². The van der Waals surface area contributed by atoms with Crippen LogP contribution in [0, 0.1) is 0 Å². The molecule has 0 bridgehead atoms. The van der Waals surface area contributed by atoms with Crippen molar-refractivity contribution in [3.05, 3.63) is 139 Å². The number of alkyl halides is 6. The molecule has 0 atom stereocenters. The van der Waals surface area contributed by atoms with Crippen LogP contribution in [0.25, 0.3) is 65.7 Å². The van der Waals surface area contributed by atoms with Gasteiger partial charge in [0.2, 0.25) is 0 Å². The molecule has 0 amide bonds. The Bertz CT molecular complexity index is 2200. The normalized spacial score (nSPS) is 12.2. The van der Waals surface area contributed by atoms with Crippen LogP contribution in [0.4, 0.5) is 26.3 Å². The Morgan fingerprint density at radius 2 is 0.933 bits per heavy atom. The van der Waals surface area contributed by atoms with E-state index >= 15 is 0 Å². The van der Waals surface area contributed by atoms with Crippen LogP contribution in [0.2, 0.25) is 0 Å². The molecule has 1 nitrogen and oxygen atoms in total. The fourth-order valence-electron chi connectivity index (χ4n) is 6.00. The van der Waals surface area contributed by atoms with Gasteiger partial charge < -0.3 is 4.74 Å². The summed E-state index contributed by atoms with van der Waals surface area (Å²) < 4.78 is 82.6. The first-order chi connectivity index (χ1) is 21.5. The van der Waals surface area contributed by atoms with Gasteiger partial charge in [0.25, 0.3) is 0 Å². The third-order valence-electron chi connectivity index (χ3n) is 7.98. The Morgan fingerprint density at radius 1 is 0.400 bits per heavy atom. The fraction of sp³-hybridized carbons (Fsp3) is 0.0526. The quantitative estimate of drug-likeness (QED) is 0.143. The van der Waals surface area contributed by atoms with E-state index in [0.717, 1.165) is 61.1 Å². The third-order valence-corrected chi connectivity index (χ3v) is 7.98. The minimum Gasteiger partial charge on any atom is -0.406 e. The summed E-state index contributed by atoms with van der Waals surface area (Å²) in [6, 6.07) is 38.7. The highest BCUT2D eigenvalue weighted by Gasteiger charge is 2.31. The van der Waals surface area contributed by atoms with Crippen LogP contribution >= 0.6 is 0 Å². The van der Waals surface area contributed by atoms with Gasteiger partial charge in [0, 0.05) is 0 Å². The second kappa shape index (κ2) is 10.7. The Kier molecular flexibility index (Phi) is 6.77. The number of benzene rings is 7. The first-order valence-corrected chi connectivity index (χ1v) is 14.1. The molecule has 0 unspecified atom stereocenters. The Labute approximate surface area is 253 Å². The van der Waals surface area contributed by atoms with Crippen LogP contribution < -0.4 is 4.74 Å². The van der Waals surface area contributed by atoms with Gasteiger partial charge in [0.05, 0.1) is 5.56 Å². The molecule has 0 heterocycles. The summed E-state index contributed by atoms with van der Waals surface area (Å²) in [5.41, 5.74) is 3.99. The summed E-state index contributed by atoms with van der Waals surface area (Å²) in [5, 5.41) is 5.69. The lowest BCUT2D eigenvalue weighted by molar-refractivity contribution is -0.274. The highest BCUT2D eigenvalue weighted by molar-refractivity contribution is 6.22. The highest BCUT2D eigenvalue weighted by Crippen LogP contribution is 2.45. The minimum absolute atomic E-state index is 0.335. The van der Waals surface area contributed by atoms with Crippen LogP contribution in [0.5, 0.6) is 5.75 Å². The zero-order chi connectivity index (χ0) is 31.3. The van der Waals surface area contributed by atoms with E-state index in [2.05, 4.69) is 22.9 Å². The molecule has 0 saturated carbocycles. The predicted molar refractivity (Wildman–Crippen MR) is 167 cm³/mol. The first-order valence-electron chi connectivity index (χ1n) is 14.1. The number of ether oxygens (including phenoxy) is 1. The van der Waals surface area contributed by atoms with Crippen molar-refractivity contribution in [3.63, 3.8) is 0 Å². The molecule has 0 aliphatic heterocycles. The van der Waals surface area contributed by atoms with E-state index in [1.165, 1.54) is 24.3 Å². The molecule has 222 valence electrons. The molecular weight excluding hydrogens is 586 g/mol. The Balaban J connectivity index is 1.51. The monoisotopic (exact) mass is 608 g/mol. The second-order valence-corrected chi connectivity index (χ2v) is 10.8. The number of rotatable bonds is 4. The molecule has 7 rings (SSSR count). The zero-order valence-electron chi connectivity index (χ0n) is 23.4. The van der Waals surface area contributed by atoms with Crippen molar-refractivity contribution < 1.29 is 31.1 Å². The van der Waals surface area contributed by atoms with Gasteiger partial charge in [-0.15, -0.1) is 13.2 Å². The highest BCUT2D eigenvalue weighted by atomic mass is 19.4. The molecule has 0 aliphatic carbocycles. The molecule has 0 spiro atoms. The van der Waals surface area contributed by atoms with Crippen molar-refractivity contribution in [1.29, 1.82) is 0 Å². The lowest BCUT2D eigenvalue weighted by Crippen LogP contribution is -2.16. The van der Waals surface area contributed by atoms with E-state index in [4.69, 9.17) is 0 Å². The molecule has 0 fully saturated rings.